The van der Waals surface area contributed by atoms with Gasteiger partial charge in [-0.25, -0.2) is 4.79 Å². The van der Waals surface area contributed by atoms with Crippen molar-refractivity contribution in [2.75, 3.05) is 18.4 Å². The maximum absolute atomic E-state index is 12.3. The number of likely N-dealkylation sites (tertiary alicyclic amines) is 1. The first-order valence-corrected chi connectivity index (χ1v) is 11.0. The number of urea groups is 1. The molecule has 1 aliphatic rings. The Morgan fingerprint density at radius 2 is 1.83 bits per heavy atom. The Morgan fingerprint density at radius 3 is 2.57 bits per heavy atom. The van der Waals surface area contributed by atoms with Crippen molar-refractivity contribution in [3.8, 4) is 17.1 Å². The van der Waals surface area contributed by atoms with E-state index in [1.807, 2.05) is 70.9 Å². The topological polar surface area (TPSA) is 54.7 Å². The van der Waals surface area contributed by atoms with E-state index >= 15 is 0 Å². The highest BCUT2D eigenvalue weighted by atomic mass is 32.1. The summed E-state index contributed by atoms with van der Waals surface area (Å²) in [5.74, 6) is 1.70. The highest BCUT2D eigenvalue weighted by Gasteiger charge is 2.24. The SMILES string of the molecule is O=C(Nc1cccs1)N1CCC(Oc2ccc(-c3cc4ccccc4o3)cc2)CC1. The molecule has 2 aromatic heterocycles. The molecule has 5 rings (SSSR count). The Kier molecular flexibility index (Phi) is 5.15. The number of thiophene rings is 1. The van der Waals surface area contributed by atoms with Crippen LogP contribution < -0.4 is 10.1 Å². The lowest BCUT2D eigenvalue weighted by molar-refractivity contribution is 0.115. The molecule has 0 aliphatic carbocycles. The normalized spacial score (nSPS) is 14.7. The summed E-state index contributed by atoms with van der Waals surface area (Å²) in [4.78, 5) is 14.2. The van der Waals surface area contributed by atoms with E-state index in [4.69, 9.17) is 9.15 Å². The van der Waals surface area contributed by atoms with E-state index in [9.17, 15) is 4.79 Å². The van der Waals surface area contributed by atoms with Gasteiger partial charge in [0.15, 0.2) is 0 Å². The van der Waals surface area contributed by atoms with Crippen LogP contribution in [-0.4, -0.2) is 30.1 Å². The van der Waals surface area contributed by atoms with Crippen LogP contribution in [-0.2, 0) is 0 Å². The van der Waals surface area contributed by atoms with Gasteiger partial charge in [0.05, 0.1) is 5.00 Å². The van der Waals surface area contributed by atoms with Gasteiger partial charge in [0.1, 0.15) is 23.2 Å². The maximum atomic E-state index is 12.3. The second-order valence-corrected chi connectivity index (χ2v) is 8.33. The number of hydrogen-bond donors (Lipinski definition) is 1. The number of carbonyl (C=O) groups excluding carboxylic acids is 1. The number of carbonyl (C=O) groups is 1. The fraction of sp³-hybridized carbons (Fsp3) is 0.208. The standard InChI is InChI=1S/C24H22N2O3S/c27-24(25-23-6-3-15-30-23)26-13-11-20(12-14-26)28-19-9-7-17(8-10-19)22-16-18-4-1-2-5-21(18)29-22/h1-10,15-16,20H,11-14H2,(H,25,27). The third kappa shape index (κ3) is 4.04. The summed E-state index contributed by atoms with van der Waals surface area (Å²) >= 11 is 1.53. The Balaban J connectivity index is 1.16. The number of para-hydroxylation sites is 1. The molecule has 4 aromatic rings. The van der Waals surface area contributed by atoms with Crippen molar-refractivity contribution in [1.82, 2.24) is 4.90 Å². The van der Waals surface area contributed by atoms with Crippen LogP contribution in [0.5, 0.6) is 5.75 Å². The molecule has 6 heteroatoms. The zero-order valence-electron chi connectivity index (χ0n) is 16.4. The molecule has 0 radical (unpaired) electrons. The van der Waals surface area contributed by atoms with E-state index in [1.165, 1.54) is 11.3 Å². The lowest BCUT2D eigenvalue weighted by Gasteiger charge is -2.32. The van der Waals surface area contributed by atoms with Crippen molar-refractivity contribution in [1.29, 1.82) is 0 Å². The molecule has 0 saturated carbocycles. The van der Waals surface area contributed by atoms with Gasteiger partial charge in [0.25, 0.3) is 0 Å². The van der Waals surface area contributed by atoms with Gasteiger partial charge in [-0.3, -0.25) is 5.32 Å². The van der Waals surface area contributed by atoms with Gasteiger partial charge in [0.2, 0.25) is 0 Å². The lowest BCUT2D eigenvalue weighted by atomic mass is 10.1. The van der Waals surface area contributed by atoms with Gasteiger partial charge in [-0.2, -0.15) is 0 Å². The molecule has 2 amide bonds. The molecular weight excluding hydrogens is 396 g/mol. The summed E-state index contributed by atoms with van der Waals surface area (Å²) in [6.45, 7) is 1.39. The number of anilines is 1. The van der Waals surface area contributed by atoms with Crippen molar-refractivity contribution in [2.45, 2.75) is 18.9 Å². The number of ether oxygens (including phenoxy) is 1. The van der Waals surface area contributed by atoms with E-state index < -0.39 is 0 Å². The van der Waals surface area contributed by atoms with Crippen LogP contribution in [0, 0.1) is 0 Å². The Hall–Kier alpha value is -3.25. The number of piperidine rings is 1. The number of benzene rings is 2. The first-order valence-electron chi connectivity index (χ1n) is 10.1. The Morgan fingerprint density at radius 1 is 1.03 bits per heavy atom. The van der Waals surface area contributed by atoms with Crippen LogP contribution in [0.15, 0.2) is 76.5 Å². The molecular formula is C24H22N2O3S. The highest BCUT2D eigenvalue weighted by Crippen LogP contribution is 2.29. The van der Waals surface area contributed by atoms with Crippen LogP contribution in [0.25, 0.3) is 22.3 Å². The van der Waals surface area contributed by atoms with E-state index in [1.54, 1.807) is 0 Å². The molecule has 5 nitrogen and oxygen atoms in total. The summed E-state index contributed by atoms with van der Waals surface area (Å²) in [5.41, 5.74) is 1.92. The summed E-state index contributed by atoms with van der Waals surface area (Å²) in [7, 11) is 0. The molecule has 0 atom stereocenters. The van der Waals surface area contributed by atoms with Crippen molar-refractivity contribution in [3.05, 3.63) is 72.1 Å². The van der Waals surface area contributed by atoms with Gasteiger partial charge in [-0.1, -0.05) is 18.2 Å². The summed E-state index contributed by atoms with van der Waals surface area (Å²) in [6, 6.07) is 21.9. The number of hydrogen-bond acceptors (Lipinski definition) is 4. The molecule has 2 aromatic carbocycles. The van der Waals surface area contributed by atoms with Crippen LogP contribution in [0.4, 0.5) is 9.80 Å². The average Bonchev–Trinajstić information content (AvgIpc) is 3.44. The molecule has 30 heavy (non-hydrogen) atoms. The van der Waals surface area contributed by atoms with Crippen LogP contribution in [0.2, 0.25) is 0 Å². The van der Waals surface area contributed by atoms with Gasteiger partial charge >= 0.3 is 6.03 Å². The Bertz CT molecular complexity index is 1090. The van der Waals surface area contributed by atoms with Gasteiger partial charge in [-0.05, 0) is 53.9 Å². The molecule has 152 valence electrons. The molecule has 0 bridgehead atoms. The number of rotatable bonds is 4. The van der Waals surface area contributed by atoms with Gasteiger partial charge in [-0.15, -0.1) is 11.3 Å². The van der Waals surface area contributed by atoms with Crippen molar-refractivity contribution >= 4 is 33.3 Å². The van der Waals surface area contributed by atoms with Crippen molar-refractivity contribution < 1.29 is 13.9 Å². The van der Waals surface area contributed by atoms with Crippen molar-refractivity contribution in [2.24, 2.45) is 0 Å². The molecule has 1 saturated heterocycles. The molecule has 1 aliphatic heterocycles. The Labute approximate surface area is 178 Å². The maximum Gasteiger partial charge on any atom is 0.322 e. The van der Waals surface area contributed by atoms with Crippen molar-refractivity contribution in [3.63, 3.8) is 0 Å². The van der Waals surface area contributed by atoms with Crippen LogP contribution in [0.1, 0.15) is 12.8 Å². The number of furan rings is 1. The predicted molar refractivity (Wildman–Crippen MR) is 120 cm³/mol. The van der Waals surface area contributed by atoms with Crippen LogP contribution >= 0.6 is 11.3 Å². The number of nitrogens with zero attached hydrogens (tertiary/aromatic N) is 1. The third-order valence-electron chi connectivity index (χ3n) is 5.35. The third-order valence-corrected chi connectivity index (χ3v) is 6.13. The van der Waals surface area contributed by atoms with E-state index in [2.05, 4.69) is 11.4 Å². The molecule has 1 fully saturated rings. The predicted octanol–water partition coefficient (Wildman–Crippen LogP) is 6.24. The summed E-state index contributed by atoms with van der Waals surface area (Å²) in [6.07, 6.45) is 1.76. The number of amides is 2. The molecule has 1 N–H and O–H groups in total. The minimum Gasteiger partial charge on any atom is -0.490 e. The zero-order valence-corrected chi connectivity index (χ0v) is 17.2. The van der Waals surface area contributed by atoms with E-state index in [0.29, 0.717) is 13.1 Å². The molecule has 3 heterocycles. The smallest absolute Gasteiger partial charge is 0.322 e. The van der Waals surface area contributed by atoms with Gasteiger partial charge < -0.3 is 14.1 Å². The first-order chi connectivity index (χ1) is 14.7. The average molecular weight is 419 g/mol. The largest absolute Gasteiger partial charge is 0.490 e. The number of nitrogens with one attached hydrogen (secondary N) is 1. The minimum absolute atomic E-state index is 0.0360. The number of fused-ring (bicyclic) bond motifs is 1. The monoisotopic (exact) mass is 418 g/mol. The van der Waals surface area contributed by atoms with E-state index in [-0.39, 0.29) is 12.1 Å². The molecule has 0 unspecified atom stereocenters. The summed E-state index contributed by atoms with van der Waals surface area (Å²) < 4.78 is 12.1. The first kappa shape index (κ1) is 18.8. The quantitative estimate of drug-likeness (QED) is 0.427. The molecule has 0 spiro atoms. The fourth-order valence-corrected chi connectivity index (χ4v) is 4.33. The second kappa shape index (κ2) is 8.24. The zero-order chi connectivity index (χ0) is 20.3. The highest BCUT2D eigenvalue weighted by molar-refractivity contribution is 7.14. The minimum atomic E-state index is -0.0360. The second-order valence-electron chi connectivity index (χ2n) is 7.38. The van der Waals surface area contributed by atoms with E-state index in [0.717, 1.165) is 45.9 Å². The van der Waals surface area contributed by atoms with Gasteiger partial charge in [0, 0.05) is 36.9 Å². The summed E-state index contributed by atoms with van der Waals surface area (Å²) in [5, 5.41) is 6.87. The lowest BCUT2D eigenvalue weighted by Crippen LogP contribution is -2.43. The fourth-order valence-electron chi connectivity index (χ4n) is 3.73. The van der Waals surface area contributed by atoms with Crippen LogP contribution in [0.3, 0.4) is 0 Å².